The normalized spacial score (nSPS) is 23.7. The molecule has 2 atom stereocenters. The Morgan fingerprint density at radius 3 is 2.70 bits per heavy atom. The van der Waals surface area contributed by atoms with Crippen LogP contribution in [0.3, 0.4) is 0 Å². The van der Waals surface area contributed by atoms with E-state index in [9.17, 15) is 4.79 Å². The molecule has 2 heterocycles. The average molecular weight is 281 g/mol. The molecule has 0 aromatic carbocycles. The summed E-state index contributed by atoms with van der Waals surface area (Å²) in [5.74, 6) is 1.54. The van der Waals surface area contributed by atoms with Gasteiger partial charge in [0.1, 0.15) is 5.69 Å². The first-order chi connectivity index (χ1) is 9.54. The van der Waals surface area contributed by atoms with E-state index in [0.717, 1.165) is 31.5 Å². The molecule has 1 amide bonds. The minimum atomic E-state index is -0.106. The summed E-state index contributed by atoms with van der Waals surface area (Å²) in [4.78, 5) is 14.1. The van der Waals surface area contributed by atoms with E-state index < -0.39 is 0 Å². The number of hydrogen-bond acceptors (Lipinski definition) is 6. The summed E-state index contributed by atoms with van der Waals surface area (Å²) in [7, 11) is 0. The Hall–Kier alpha value is -1.63. The number of carbonyl (C=O) groups excluding carboxylic acids is 1. The molecule has 1 aromatic rings. The summed E-state index contributed by atoms with van der Waals surface area (Å²) in [6, 6.07) is 0. The van der Waals surface area contributed by atoms with Crippen LogP contribution < -0.4 is 11.1 Å². The zero-order chi connectivity index (χ0) is 14.5. The number of anilines is 1. The third kappa shape index (κ3) is 4.19. The Morgan fingerprint density at radius 2 is 2.10 bits per heavy atom. The van der Waals surface area contributed by atoms with Crippen LogP contribution in [0.2, 0.25) is 0 Å². The van der Waals surface area contributed by atoms with Gasteiger partial charge in [0.2, 0.25) is 5.91 Å². The van der Waals surface area contributed by atoms with Crippen LogP contribution in [0.4, 0.5) is 5.82 Å². The van der Waals surface area contributed by atoms with Crippen LogP contribution in [0.1, 0.15) is 26.0 Å². The Kier molecular flexibility index (Phi) is 4.94. The molecule has 1 aliphatic rings. The molecule has 0 aliphatic carbocycles. The lowest BCUT2D eigenvalue weighted by Crippen LogP contribution is -2.43. The summed E-state index contributed by atoms with van der Waals surface area (Å²) < 4.78 is 4.46. The molecular formula is C13H23N5O2. The minimum absolute atomic E-state index is 0.106. The van der Waals surface area contributed by atoms with Crippen molar-refractivity contribution in [2.75, 3.05) is 31.9 Å². The van der Waals surface area contributed by atoms with E-state index in [4.69, 9.17) is 5.73 Å². The van der Waals surface area contributed by atoms with Crippen molar-refractivity contribution in [2.45, 2.75) is 26.7 Å². The smallest absolute Gasteiger partial charge is 0.226 e. The number of nitrogens with two attached hydrogens (primary N) is 1. The SMILES string of the molecule is C[C@@H]1C[C@@H](C)CN(CCNC(=O)Cc2nonc2N)C1. The van der Waals surface area contributed by atoms with E-state index in [1.807, 2.05) is 0 Å². The lowest BCUT2D eigenvalue weighted by atomic mass is 9.92. The molecule has 1 fully saturated rings. The van der Waals surface area contributed by atoms with E-state index >= 15 is 0 Å². The summed E-state index contributed by atoms with van der Waals surface area (Å²) in [5, 5.41) is 9.91. The van der Waals surface area contributed by atoms with Crippen molar-refractivity contribution >= 4 is 11.7 Å². The molecule has 2 rings (SSSR count). The highest BCUT2D eigenvalue weighted by atomic mass is 16.6. The highest BCUT2D eigenvalue weighted by Gasteiger charge is 2.21. The van der Waals surface area contributed by atoms with Gasteiger partial charge in [-0.05, 0) is 23.4 Å². The van der Waals surface area contributed by atoms with Gasteiger partial charge in [0, 0.05) is 26.2 Å². The molecule has 112 valence electrons. The Morgan fingerprint density at radius 1 is 1.40 bits per heavy atom. The van der Waals surface area contributed by atoms with E-state index in [1.165, 1.54) is 6.42 Å². The number of nitrogens with one attached hydrogen (secondary N) is 1. The van der Waals surface area contributed by atoms with Crippen LogP contribution in [-0.4, -0.2) is 47.3 Å². The molecule has 0 bridgehead atoms. The maximum absolute atomic E-state index is 11.7. The monoisotopic (exact) mass is 281 g/mol. The van der Waals surface area contributed by atoms with Crippen molar-refractivity contribution in [1.82, 2.24) is 20.5 Å². The van der Waals surface area contributed by atoms with Crippen molar-refractivity contribution in [3.05, 3.63) is 5.69 Å². The quantitative estimate of drug-likeness (QED) is 0.805. The molecule has 0 unspecified atom stereocenters. The maximum atomic E-state index is 11.7. The molecule has 7 heteroatoms. The molecular weight excluding hydrogens is 258 g/mol. The predicted octanol–water partition coefficient (Wildman–Crippen LogP) is 0.288. The highest BCUT2D eigenvalue weighted by molar-refractivity contribution is 5.79. The first kappa shape index (κ1) is 14.8. The van der Waals surface area contributed by atoms with E-state index in [1.54, 1.807) is 0 Å². The maximum Gasteiger partial charge on any atom is 0.226 e. The predicted molar refractivity (Wildman–Crippen MR) is 74.8 cm³/mol. The van der Waals surface area contributed by atoms with E-state index in [-0.39, 0.29) is 18.1 Å². The summed E-state index contributed by atoms with van der Waals surface area (Å²) in [5.41, 5.74) is 5.90. The Labute approximate surface area is 118 Å². The number of aromatic nitrogens is 2. The number of nitrogens with zero attached hydrogens (tertiary/aromatic N) is 3. The van der Waals surface area contributed by atoms with Gasteiger partial charge in [-0.3, -0.25) is 4.79 Å². The van der Waals surface area contributed by atoms with Gasteiger partial charge in [-0.25, -0.2) is 4.63 Å². The molecule has 0 saturated carbocycles. The van der Waals surface area contributed by atoms with Crippen molar-refractivity contribution in [1.29, 1.82) is 0 Å². The second-order valence-corrected chi connectivity index (χ2v) is 5.83. The fraction of sp³-hybridized carbons (Fsp3) is 0.769. The fourth-order valence-corrected chi connectivity index (χ4v) is 2.88. The summed E-state index contributed by atoms with van der Waals surface area (Å²) >= 11 is 0. The number of likely N-dealkylation sites (tertiary alicyclic amines) is 1. The third-order valence-electron chi connectivity index (χ3n) is 3.61. The highest BCUT2D eigenvalue weighted by Crippen LogP contribution is 2.20. The largest absolute Gasteiger partial charge is 0.379 e. The lowest BCUT2D eigenvalue weighted by Gasteiger charge is -2.34. The van der Waals surface area contributed by atoms with E-state index in [0.29, 0.717) is 12.2 Å². The molecule has 7 nitrogen and oxygen atoms in total. The average Bonchev–Trinajstić information content (AvgIpc) is 2.73. The van der Waals surface area contributed by atoms with Crippen LogP contribution in [0.15, 0.2) is 4.63 Å². The topological polar surface area (TPSA) is 97.3 Å². The summed E-state index contributed by atoms with van der Waals surface area (Å²) in [6.07, 6.45) is 1.41. The zero-order valence-corrected chi connectivity index (χ0v) is 12.1. The van der Waals surface area contributed by atoms with Gasteiger partial charge in [0.15, 0.2) is 5.82 Å². The number of piperidine rings is 1. The first-order valence-corrected chi connectivity index (χ1v) is 7.10. The van der Waals surface area contributed by atoms with Gasteiger partial charge in [-0.1, -0.05) is 19.0 Å². The van der Waals surface area contributed by atoms with Crippen molar-refractivity contribution < 1.29 is 9.42 Å². The molecule has 3 N–H and O–H groups in total. The van der Waals surface area contributed by atoms with Gasteiger partial charge < -0.3 is 16.0 Å². The number of hydrogen-bond donors (Lipinski definition) is 2. The van der Waals surface area contributed by atoms with Gasteiger partial charge in [-0.2, -0.15) is 0 Å². The van der Waals surface area contributed by atoms with Gasteiger partial charge in [0.05, 0.1) is 6.42 Å². The van der Waals surface area contributed by atoms with E-state index in [2.05, 4.69) is 39.0 Å². The van der Waals surface area contributed by atoms with Crippen molar-refractivity contribution in [2.24, 2.45) is 11.8 Å². The molecule has 1 aliphatic heterocycles. The van der Waals surface area contributed by atoms with Gasteiger partial charge in [0.25, 0.3) is 0 Å². The lowest BCUT2D eigenvalue weighted by molar-refractivity contribution is -0.120. The van der Waals surface area contributed by atoms with Crippen LogP contribution in [0.25, 0.3) is 0 Å². The molecule has 1 aromatic heterocycles. The standard InChI is InChI=1S/C13H23N5O2/c1-9-5-10(2)8-18(7-9)4-3-15-12(19)6-11-13(14)17-20-16-11/h9-10H,3-8H2,1-2H3,(H2,14,17)(H,15,19)/t9-,10-/m1/s1. The second kappa shape index (κ2) is 6.69. The zero-order valence-electron chi connectivity index (χ0n) is 12.1. The molecule has 0 radical (unpaired) electrons. The van der Waals surface area contributed by atoms with Crippen molar-refractivity contribution in [3.8, 4) is 0 Å². The van der Waals surface area contributed by atoms with Crippen molar-refractivity contribution in [3.63, 3.8) is 0 Å². The number of rotatable bonds is 5. The third-order valence-corrected chi connectivity index (χ3v) is 3.61. The van der Waals surface area contributed by atoms with Crippen LogP contribution in [0.5, 0.6) is 0 Å². The van der Waals surface area contributed by atoms with Crippen LogP contribution in [0, 0.1) is 11.8 Å². The Balaban J connectivity index is 1.68. The minimum Gasteiger partial charge on any atom is -0.379 e. The number of nitrogen functional groups attached to an aromatic ring is 1. The first-order valence-electron chi connectivity index (χ1n) is 7.10. The second-order valence-electron chi connectivity index (χ2n) is 5.83. The molecule has 0 spiro atoms. The Bertz CT molecular complexity index is 438. The molecule has 1 saturated heterocycles. The van der Waals surface area contributed by atoms with Gasteiger partial charge >= 0.3 is 0 Å². The van der Waals surface area contributed by atoms with Gasteiger partial charge in [-0.15, -0.1) is 0 Å². The number of amides is 1. The summed E-state index contributed by atoms with van der Waals surface area (Å²) in [6.45, 7) is 8.31. The van der Waals surface area contributed by atoms with Crippen LogP contribution >= 0.6 is 0 Å². The fourth-order valence-electron chi connectivity index (χ4n) is 2.88. The molecule has 20 heavy (non-hydrogen) atoms. The van der Waals surface area contributed by atoms with Crippen LogP contribution in [-0.2, 0) is 11.2 Å². The number of carbonyl (C=O) groups is 1.